The van der Waals surface area contributed by atoms with Gasteiger partial charge in [-0.05, 0) is 42.4 Å². The van der Waals surface area contributed by atoms with Crippen LogP contribution in [-0.4, -0.2) is 35.5 Å². The summed E-state index contributed by atoms with van der Waals surface area (Å²) in [6.07, 6.45) is 2.89. The highest BCUT2D eigenvalue weighted by Gasteiger charge is 2.39. The van der Waals surface area contributed by atoms with Crippen LogP contribution in [0, 0.1) is 11.8 Å². The molecule has 2 fully saturated rings. The van der Waals surface area contributed by atoms with Gasteiger partial charge in [0.05, 0.1) is 0 Å². The Hall–Kier alpha value is -2.37. The van der Waals surface area contributed by atoms with Gasteiger partial charge in [-0.15, -0.1) is 0 Å². The van der Waals surface area contributed by atoms with E-state index in [0.717, 1.165) is 18.5 Å². The number of nitrogens with one attached hydrogen (secondary N) is 1. The molecule has 140 valence electrons. The van der Waals surface area contributed by atoms with Gasteiger partial charge in [0.25, 0.3) is 0 Å². The van der Waals surface area contributed by atoms with Crippen molar-refractivity contribution in [3.8, 4) is 0 Å². The maximum atomic E-state index is 12.7. The molecule has 6 heteroatoms. The summed E-state index contributed by atoms with van der Waals surface area (Å²) in [6, 6.07) is 6.90. The van der Waals surface area contributed by atoms with Crippen molar-refractivity contribution in [1.82, 2.24) is 5.32 Å². The molecule has 2 unspecified atom stereocenters. The van der Waals surface area contributed by atoms with Crippen LogP contribution < -0.4 is 10.2 Å². The molecule has 1 saturated heterocycles. The number of hydrogen-bond donors (Lipinski definition) is 2. The average molecular weight is 358 g/mol. The lowest BCUT2D eigenvalue weighted by molar-refractivity contribution is -0.143. The molecule has 0 bridgehead atoms. The fraction of sp³-hybridized carbons (Fsp3) is 0.550. The van der Waals surface area contributed by atoms with E-state index in [4.69, 9.17) is 0 Å². The van der Waals surface area contributed by atoms with Crippen molar-refractivity contribution in [1.29, 1.82) is 0 Å². The van der Waals surface area contributed by atoms with Crippen molar-refractivity contribution < 1.29 is 19.5 Å². The van der Waals surface area contributed by atoms with Gasteiger partial charge in [0.15, 0.2) is 0 Å². The lowest BCUT2D eigenvalue weighted by Gasteiger charge is -2.19. The van der Waals surface area contributed by atoms with E-state index in [0.29, 0.717) is 31.2 Å². The molecule has 1 aliphatic carbocycles. The zero-order chi connectivity index (χ0) is 18.8. The van der Waals surface area contributed by atoms with Crippen LogP contribution in [0.25, 0.3) is 0 Å². The number of amides is 2. The first kappa shape index (κ1) is 18.4. The highest BCUT2D eigenvalue weighted by atomic mass is 16.4. The second-order valence-corrected chi connectivity index (χ2v) is 7.66. The van der Waals surface area contributed by atoms with E-state index in [9.17, 15) is 19.5 Å². The number of carbonyl (C=O) groups is 3. The minimum Gasteiger partial charge on any atom is -0.480 e. The fourth-order valence-electron chi connectivity index (χ4n) is 3.40. The maximum Gasteiger partial charge on any atom is 0.326 e. The molecule has 0 radical (unpaired) electrons. The minimum absolute atomic E-state index is 0.254. The van der Waals surface area contributed by atoms with Crippen molar-refractivity contribution in [2.75, 3.05) is 11.4 Å². The van der Waals surface area contributed by atoms with Gasteiger partial charge in [0.2, 0.25) is 11.8 Å². The zero-order valence-electron chi connectivity index (χ0n) is 15.3. The van der Waals surface area contributed by atoms with Crippen LogP contribution >= 0.6 is 0 Å². The van der Waals surface area contributed by atoms with Gasteiger partial charge in [0, 0.05) is 12.2 Å². The summed E-state index contributed by atoms with van der Waals surface area (Å²) < 4.78 is 0. The topological polar surface area (TPSA) is 86.7 Å². The molecule has 6 nitrogen and oxygen atoms in total. The number of rotatable bonds is 7. The molecule has 26 heavy (non-hydrogen) atoms. The van der Waals surface area contributed by atoms with Crippen LogP contribution in [0.15, 0.2) is 24.3 Å². The summed E-state index contributed by atoms with van der Waals surface area (Å²) in [7, 11) is 0. The molecule has 1 heterocycles. The number of aliphatic carboxylic acids is 1. The van der Waals surface area contributed by atoms with Crippen molar-refractivity contribution in [3.63, 3.8) is 0 Å². The van der Waals surface area contributed by atoms with Crippen molar-refractivity contribution in [3.05, 3.63) is 29.8 Å². The SMILES string of the molecule is CC(C)c1ccc(N2CCC(C(=O)NC(CC3CC3)C(=O)O)C2=O)cc1. The quantitative estimate of drug-likeness (QED) is 0.733. The Kier molecular flexibility index (Phi) is 5.30. The molecule has 1 aromatic carbocycles. The van der Waals surface area contributed by atoms with Gasteiger partial charge in [-0.1, -0.05) is 38.8 Å². The number of nitrogens with zero attached hydrogens (tertiary/aromatic N) is 1. The van der Waals surface area contributed by atoms with Crippen LogP contribution in [0.1, 0.15) is 51.0 Å². The van der Waals surface area contributed by atoms with Crippen molar-refractivity contribution >= 4 is 23.5 Å². The zero-order valence-corrected chi connectivity index (χ0v) is 15.3. The van der Waals surface area contributed by atoms with Crippen LogP contribution in [0.2, 0.25) is 0 Å². The number of carboxylic acids is 1. The number of benzene rings is 1. The Balaban J connectivity index is 1.63. The predicted molar refractivity (Wildman–Crippen MR) is 97.9 cm³/mol. The van der Waals surface area contributed by atoms with Gasteiger partial charge < -0.3 is 15.3 Å². The summed E-state index contributed by atoms with van der Waals surface area (Å²) in [6.45, 7) is 4.69. The third-order valence-corrected chi connectivity index (χ3v) is 5.27. The van der Waals surface area contributed by atoms with Gasteiger partial charge in [-0.2, -0.15) is 0 Å². The maximum absolute atomic E-state index is 12.7. The normalized spacial score (nSPS) is 21.1. The molecule has 0 aromatic heterocycles. The first-order valence-electron chi connectivity index (χ1n) is 9.31. The summed E-state index contributed by atoms with van der Waals surface area (Å²) >= 11 is 0. The highest BCUT2D eigenvalue weighted by Crippen LogP contribution is 2.34. The standard InChI is InChI=1S/C20H26N2O4/c1-12(2)14-5-7-15(8-6-14)22-10-9-16(19(22)24)18(23)21-17(20(25)26)11-13-3-4-13/h5-8,12-13,16-17H,3-4,9-11H2,1-2H3,(H,21,23)(H,25,26). The van der Waals surface area contributed by atoms with Crippen LogP contribution in [0.4, 0.5) is 5.69 Å². The van der Waals surface area contributed by atoms with E-state index in [1.54, 1.807) is 4.90 Å². The highest BCUT2D eigenvalue weighted by molar-refractivity contribution is 6.10. The summed E-state index contributed by atoms with van der Waals surface area (Å²) in [5.74, 6) is -1.76. The van der Waals surface area contributed by atoms with E-state index in [-0.39, 0.29) is 5.91 Å². The fourth-order valence-corrected chi connectivity index (χ4v) is 3.40. The Morgan fingerprint density at radius 1 is 1.19 bits per heavy atom. The van der Waals surface area contributed by atoms with Gasteiger partial charge in [0.1, 0.15) is 12.0 Å². The molecular formula is C20H26N2O4. The molecule has 2 N–H and O–H groups in total. The molecule has 0 spiro atoms. The molecule has 1 aliphatic heterocycles. The lowest BCUT2D eigenvalue weighted by Crippen LogP contribution is -2.45. The molecule has 2 aliphatic rings. The Labute approximate surface area is 153 Å². The molecule has 1 aromatic rings. The summed E-state index contributed by atoms with van der Waals surface area (Å²) in [5.41, 5.74) is 1.97. The lowest BCUT2D eigenvalue weighted by atomic mass is 10.0. The van der Waals surface area contributed by atoms with Crippen LogP contribution in [0.3, 0.4) is 0 Å². The minimum atomic E-state index is -1.03. The Bertz CT molecular complexity index is 694. The summed E-state index contributed by atoms with van der Waals surface area (Å²) in [5, 5.41) is 11.9. The van der Waals surface area contributed by atoms with E-state index in [1.807, 2.05) is 24.3 Å². The van der Waals surface area contributed by atoms with Crippen LogP contribution in [-0.2, 0) is 14.4 Å². The molecular weight excluding hydrogens is 332 g/mol. The third-order valence-electron chi connectivity index (χ3n) is 5.27. The molecule has 3 rings (SSSR count). The number of anilines is 1. The van der Waals surface area contributed by atoms with Crippen molar-refractivity contribution in [2.24, 2.45) is 11.8 Å². The van der Waals surface area contributed by atoms with Crippen LogP contribution in [0.5, 0.6) is 0 Å². The van der Waals surface area contributed by atoms with E-state index in [2.05, 4.69) is 19.2 Å². The first-order valence-corrected chi connectivity index (χ1v) is 9.31. The predicted octanol–water partition coefficient (Wildman–Crippen LogP) is 2.53. The second kappa shape index (κ2) is 7.48. The Morgan fingerprint density at radius 3 is 2.38 bits per heavy atom. The largest absolute Gasteiger partial charge is 0.480 e. The molecule has 1 saturated carbocycles. The summed E-state index contributed by atoms with van der Waals surface area (Å²) in [4.78, 5) is 38.1. The second-order valence-electron chi connectivity index (χ2n) is 7.66. The van der Waals surface area contributed by atoms with E-state index in [1.165, 1.54) is 5.56 Å². The van der Waals surface area contributed by atoms with Crippen molar-refractivity contribution in [2.45, 2.75) is 51.5 Å². The van der Waals surface area contributed by atoms with Gasteiger partial charge in [-0.3, -0.25) is 9.59 Å². The molecule has 2 atom stereocenters. The van der Waals surface area contributed by atoms with Gasteiger partial charge >= 0.3 is 5.97 Å². The third kappa shape index (κ3) is 4.06. The smallest absolute Gasteiger partial charge is 0.326 e. The first-order chi connectivity index (χ1) is 12.4. The molecule has 2 amide bonds. The van der Waals surface area contributed by atoms with Gasteiger partial charge in [-0.25, -0.2) is 4.79 Å². The van der Waals surface area contributed by atoms with E-state index >= 15 is 0 Å². The average Bonchev–Trinajstić information content (AvgIpc) is 3.34. The number of carboxylic acid groups (broad SMARTS) is 1. The Morgan fingerprint density at radius 2 is 1.85 bits per heavy atom. The number of hydrogen-bond acceptors (Lipinski definition) is 3. The monoisotopic (exact) mass is 358 g/mol. The van der Waals surface area contributed by atoms with E-state index < -0.39 is 23.8 Å². The number of carbonyl (C=O) groups excluding carboxylic acids is 2.